The van der Waals surface area contributed by atoms with Gasteiger partial charge in [-0.25, -0.2) is 8.78 Å². The fourth-order valence-corrected chi connectivity index (χ4v) is 3.49. The third-order valence-corrected chi connectivity index (χ3v) is 5.47. The minimum atomic E-state index is -2.45. The molecule has 1 rings (SSSR count). The van der Waals surface area contributed by atoms with Crippen LogP contribution in [0.3, 0.4) is 0 Å². The highest BCUT2D eigenvalue weighted by molar-refractivity contribution is 8.76. The first kappa shape index (κ1) is 16.6. The molecule has 0 heterocycles. The summed E-state index contributed by atoms with van der Waals surface area (Å²) in [7, 11) is 2.89. The third-order valence-electron chi connectivity index (χ3n) is 3.06. The number of carboxylic acid groups (broad SMARTS) is 1. The SMILES string of the molecule is CC1(C(F)F)CC1C(=O)NCCSSCCC(=O)O. The average molecular weight is 313 g/mol. The van der Waals surface area contributed by atoms with Crippen LogP contribution in [0.2, 0.25) is 0 Å². The molecule has 1 aliphatic carbocycles. The lowest BCUT2D eigenvalue weighted by Crippen LogP contribution is -2.30. The highest BCUT2D eigenvalue weighted by Gasteiger charge is 2.60. The molecule has 0 aliphatic heterocycles. The molecule has 1 saturated carbocycles. The van der Waals surface area contributed by atoms with E-state index in [0.29, 0.717) is 18.1 Å². The molecular formula is C11H17F2NO3S2. The van der Waals surface area contributed by atoms with Crippen molar-refractivity contribution in [1.29, 1.82) is 0 Å². The Morgan fingerprint density at radius 3 is 2.58 bits per heavy atom. The highest BCUT2D eigenvalue weighted by atomic mass is 33.1. The molecule has 110 valence electrons. The Kier molecular flexibility index (Phi) is 6.38. The number of alkyl halides is 2. The van der Waals surface area contributed by atoms with Gasteiger partial charge in [0, 0.05) is 29.4 Å². The summed E-state index contributed by atoms with van der Waals surface area (Å²) in [5, 5.41) is 11.0. The number of nitrogens with one attached hydrogen (secondary N) is 1. The summed E-state index contributed by atoms with van der Waals surface area (Å²) < 4.78 is 25.1. The minimum absolute atomic E-state index is 0.110. The zero-order chi connectivity index (χ0) is 14.5. The molecule has 0 aromatic carbocycles. The maximum atomic E-state index is 12.6. The fourth-order valence-electron chi connectivity index (χ4n) is 1.60. The van der Waals surface area contributed by atoms with Crippen LogP contribution in [0.25, 0.3) is 0 Å². The minimum Gasteiger partial charge on any atom is -0.481 e. The van der Waals surface area contributed by atoms with E-state index >= 15 is 0 Å². The number of halogens is 2. The van der Waals surface area contributed by atoms with Crippen LogP contribution in [0.15, 0.2) is 0 Å². The van der Waals surface area contributed by atoms with Gasteiger partial charge in [-0.2, -0.15) is 0 Å². The standard InChI is InChI=1S/C11H17F2NO3S2/c1-11(10(12)13)6-7(11)9(17)14-3-5-19-18-4-2-8(15)16/h7,10H,2-6H2,1H3,(H,14,17)(H,15,16). The number of carbonyl (C=O) groups is 2. The molecule has 2 atom stereocenters. The summed E-state index contributed by atoms with van der Waals surface area (Å²) in [5.41, 5.74) is -1.15. The largest absolute Gasteiger partial charge is 0.481 e. The average Bonchev–Trinajstić information content (AvgIpc) is 3.01. The fraction of sp³-hybridized carbons (Fsp3) is 0.818. The predicted octanol–water partition coefficient (Wildman–Crippen LogP) is 2.25. The van der Waals surface area contributed by atoms with Gasteiger partial charge in [-0.15, -0.1) is 0 Å². The smallest absolute Gasteiger partial charge is 0.304 e. The van der Waals surface area contributed by atoms with Crippen molar-refractivity contribution in [1.82, 2.24) is 5.32 Å². The molecule has 1 aliphatic rings. The van der Waals surface area contributed by atoms with Crippen molar-refractivity contribution < 1.29 is 23.5 Å². The molecule has 0 spiro atoms. The number of carboxylic acids is 1. The number of hydrogen-bond donors (Lipinski definition) is 2. The summed E-state index contributed by atoms with van der Waals surface area (Å²) in [6.07, 6.45) is -2.10. The molecule has 1 amide bonds. The molecule has 2 unspecified atom stereocenters. The van der Waals surface area contributed by atoms with Gasteiger partial charge in [0.15, 0.2) is 0 Å². The van der Waals surface area contributed by atoms with Crippen LogP contribution in [0.4, 0.5) is 8.78 Å². The molecule has 0 saturated heterocycles. The predicted molar refractivity (Wildman–Crippen MR) is 72.4 cm³/mol. The Hall–Kier alpha value is -0.500. The first-order valence-corrected chi connectivity index (χ1v) is 8.39. The van der Waals surface area contributed by atoms with Gasteiger partial charge in [0.2, 0.25) is 12.3 Å². The van der Waals surface area contributed by atoms with Gasteiger partial charge in [-0.1, -0.05) is 28.5 Å². The van der Waals surface area contributed by atoms with Gasteiger partial charge in [-0.05, 0) is 6.42 Å². The zero-order valence-electron chi connectivity index (χ0n) is 10.5. The highest BCUT2D eigenvalue weighted by Crippen LogP contribution is 2.56. The summed E-state index contributed by atoms with van der Waals surface area (Å²) in [6, 6.07) is 0. The molecular weight excluding hydrogens is 296 g/mol. The maximum Gasteiger partial charge on any atom is 0.304 e. The number of aliphatic carboxylic acids is 1. The van der Waals surface area contributed by atoms with Crippen molar-refractivity contribution in [2.75, 3.05) is 18.1 Å². The molecule has 0 bridgehead atoms. The van der Waals surface area contributed by atoms with Crippen LogP contribution >= 0.6 is 21.6 Å². The van der Waals surface area contributed by atoms with Crippen LogP contribution in [0.5, 0.6) is 0 Å². The second kappa shape index (κ2) is 7.33. The lowest BCUT2D eigenvalue weighted by atomic mass is 10.1. The zero-order valence-corrected chi connectivity index (χ0v) is 12.2. The van der Waals surface area contributed by atoms with E-state index in [0.717, 1.165) is 0 Å². The third kappa shape index (κ3) is 5.18. The summed E-state index contributed by atoms with van der Waals surface area (Å²) in [5.74, 6) is -0.564. The summed E-state index contributed by atoms with van der Waals surface area (Å²) in [4.78, 5) is 21.8. The Balaban J connectivity index is 2.02. The van der Waals surface area contributed by atoms with Gasteiger partial charge in [0.1, 0.15) is 0 Å². The quantitative estimate of drug-likeness (QED) is 0.505. The molecule has 19 heavy (non-hydrogen) atoms. The Morgan fingerprint density at radius 2 is 2.05 bits per heavy atom. The Bertz CT molecular complexity index is 344. The van der Waals surface area contributed by atoms with Gasteiger partial charge in [0.05, 0.1) is 6.42 Å². The molecule has 2 N–H and O–H groups in total. The van der Waals surface area contributed by atoms with Crippen molar-refractivity contribution >= 4 is 33.5 Å². The number of hydrogen-bond acceptors (Lipinski definition) is 4. The van der Waals surface area contributed by atoms with Crippen LogP contribution in [0.1, 0.15) is 19.8 Å². The van der Waals surface area contributed by atoms with E-state index < -0.39 is 23.7 Å². The van der Waals surface area contributed by atoms with Crippen molar-refractivity contribution in [3.05, 3.63) is 0 Å². The van der Waals surface area contributed by atoms with Crippen LogP contribution in [-0.4, -0.2) is 41.5 Å². The first-order chi connectivity index (χ1) is 8.88. The van der Waals surface area contributed by atoms with E-state index in [1.54, 1.807) is 0 Å². The number of carbonyl (C=O) groups excluding carboxylic acids is 1. The summed E-state index contributed by atoms with van der Waals surface area (Å²) in [6.45, 7) is 1.85. The number of rotatable bonds is 9. The monoisotopic (exact) mass is 313 g/mol. The van der Waals surface area contributed by atoms with E-state index in [1.165, 1.54) is 28.5 Å². The van der Waals surface area contributed by atoms with Crippen molar-refractivity contribution in [3.8, 4) is 0 Å². The molecule has 4 nitrogen and oxygen atoms in total. The van der Waals surface area contributed by atoms with E-state index in [4.69, 9.17) is 5.11 Å². The van der Waals surface area contributed by atoms with Crippen LogP contribution in [0, 0.1) is 11.3 Å². The Morgan fingerprint density at radius 1 is 1.42 bits per heavy atom. The summed E-state index contributed by atoms with van der Waals surface area (Å²) >= 11 is 0. The molecule has 8 heteroatoms. The second-order valence-corrected chi connectivity index (χ2v) is 7.34. The van der Waals surface area contributed by atoms with E-state index in [-0.39, 0.29) is 18.7 Å². The molecule has 0 aromatic rings. The Labute approximate surface area is 118 Å². The van der Waals surface area contributed by atoms with Crippen LogP contribution in [-0.2, 0) is 9.59 Å². The van der Waals surface area contributed by atoms with Gasteiger partial charge in [-0.3, -0.25) is 9.59 Å². The lowest BCUT2D eigenvalue weighted by Gasteiger charge is -2.09. The van der Waals surface area contributed by atoms with E-state index in [9.17, 15) is 18.4 Å². The van der Waals surface area contributed by atoms with Crippen molar-refractivity contribution in [3.63, 3.8) is 0 Å². The van der Waals surface area contributed by atoms with Crippen LogP contribution < -0.4 is 5.32 Å². The normalized spacial score (nSPS) is 25.4. The lowest BCUT2D eigenvalue weighted by molar-refractivity contribution is -0.136. The van der Waals surface area contributed by atoms with Gasteiger partial charge >= 0.3 is 5.97 Å². The number of amides is 1. The van der Waals surface area contributed by atoms with E-state index in [2.05, 4.69) is 5.32 Å². The van der Waals surface area contributed by atoms with Crippen molar-refractivity contribution in [2.45, 2.75) is 26.2 Å². The molecule has 1 fully saturated rings. The van der Waals surface area contributed by atoms with Gasteiger partial charge < -0.3 is 10.4 Å². The first-order valence-electron chi connectivity index (χ1n) is 5.90. The second-order valence-electron chi connectivity index (χ2n) is 4.64. The molecule has 0 radical (unpaired) electrons. The van der Waals surface area contributed by atoms with Crippen molar-refractivity contribution in [2.24, 2.45) is 11.3 Å². The van der Waals surface area contributed by atoms with E-state index in [1.807, 2.05) is 0 Å². The topological polar surface area (TPSA) is 66.4 Å². The maximum absolute atomic E-state index is 12.6. The molecule has 0 aromatic heterocycles. The van der Waals surface area contributed by atoms with Gasteiger partial charge in [0.25, 0.3) is 0 Å².